The van der Waals surface area contributed by atoms with Gasteiger partial charge < -0.3 is 5.31 Å². The molecule has 2 heteroatoms. The van der Waals surface area contributed by atoms with Crippen LogP contribution in [0.25, 0.3) is 0 Å². The molecule has 0 aliphatic carbocycles. The Kier molecular flexibility index (Phi) is 1.61. The zero-order chi connectivity index (χ0) is 12.7. The van der Waals surface area contributed by atoms with Gasteiger partial charge in [0.2, 0.25) is 5.91 Å². The van der Waals surface area contributed by atoms with Gasteiger partial charge in [-0.3, -0.25) is 4.79 Å². The van der Waals surface area contributed by atoms with E-state index in [9.17, 15) is 4.79 Å². The molecule has 0 aromatic carbocycles. The Labute approximate surface area is 70.1 Å². The van der Waals surface area contributed by atoms with Crippen LogP contribution in [0.4, 0.5) is 0 Å². The van der Waals surface area contributed by atoms with Crippen molar-refractivity contribution in [3.8, 4) is 0 Å². The first-order chi connectivity index (χ1) is 6.35. The molecule has 0 spiro atoms. The van der Waals surface area contributed by atoms with E-state index in [1.807, 2.05) is 0 Å². The standard InChI is InChI=1S/C8H17NO/c1-6(2)5-7(3)9-8(4)10/h6-7H,5H2,1-4H3,(H,9,10)/t7-/m1/s1/i5D2,6D,7D/hD. The van der Waals surface area contributed by atoms with Crippen LogP contribution in [-0.2, 0) is 4.79 Å². The van der Waals surface area contributed by atoms with Crippen molar-refractivity contribution in [2.24, 2.45) is 5.89 Å². The molecule has 0 aromatic heterocycles. The van der Waals surface area contributed by atoms with Crippen LogP contribution in [0.3, 0.4) is 0 Å². The molecule has 0 bridgehead atoms. The van der Waals surface area contributed by atoms with E-state index >= 15 is 0 Å². The average Bonchev–Trinajstić information content (AvgIpc) is 2.00. The first-order valence-corrected chi connectivity index (χ1v) is 3.15. The van der Waals surface area contributed by atoms with Gasteiger partial charge in [-0.2, -0.15) is 0 Å². The molecule has 2 nitrogen and oxygen atoms in total. The van der Waals surface area contributed by atoms with E-state index in [-0.39, 0.29) is 5.31 Å². The predicted molar refractivity (Wildman–Crippen MR) is 42.7 cm³/mol. The van der Waals surface area contributed by atoms with Crippen LogP contribution in [0.15, 0.2) is 0 Å². The fraction of sp³-hybridized carbons (Fsp3) is 0.875. The highest BCUT2D eigenvalue weighted by molar-refractivity contribution is 5.73. The van der Waals surface area contributed by atoms with Gasteiger partial charge >= 0.3 is 0 Å². The Morgan fingerprint density at radius 1 is 1.80 bits per heavy atom. The summed E-state index contributed by atoms with van der Waals surface area (Å²) in [5, 5.41) is 0.267. The highest BCUT2D eigenvalue weighted by atomic mass is 16.1. The first-order valence-electron chi connectivity index (χ1n) is 5.60. The monoisotopic (exact) mass is 148 g/mol. The van der Waals surface area contributed by atoms with E-state index < -0.39 is 24.2 Å². The summed E-state index contributed by atoms with van der Waals surface area (Å²) in [4.78, 5) is 11.0. The van der Waals surface area contributed by atoms with Crippen LogP contribution in [0.1, 0.15) is 39.6 Å². The molecule has 0 rings (SSSR count). The number of hydrogen-bond donors (Lipinski definition) is 1. The Bertz CT molecular complexity index is 258. The maximum atomic E-state index is 11.0. The third-order valence-electron chi connectivity index (χ3n) is 0.756. The normalized spacial score (nSPS) is 26.2. The number of amides is 1. The highest BCUT2D eigenvalue weighted by Gasteiger charge is 2.04. The van der Waals surface area contributed by atoms with Crippen LogP contribution in [0.2, 0.25) is 1.41 Å². The number of nitrogens with one attached hydrogen (secondary N) is 1. The molecule has 1 N–H and O–H groups in total. The maximum Gasteiger partial charge on any atom is 0.217 e. The lowest BCUT2D eigenvalue weighted by Gasteiger charge is -2.13. The van der Waals surface area contributed by atoms with Gasteiger partial charge in [-0.1, -0.05) is 13.8 Å². The molecular weight excluding hydrogens is 126 g/mol. The Morgan fingerprint density at radius 3 is 2.60 bits per heavy atom. The summed E-state index contributed by atoms with van der Waals surface area (Å²) in [6.45, 7) is 4.84. The van der Waals surface area contributed by atoms with Gasteiger partial charge in [-0.25, -0.2) is 0 Å². The van der Waals surface area contributed by atoms with Gasteiger partial charge in [0.15, 0.2) is 1.41 Å². The summed E-state index contributed by atoms with van der Waals surface area (Å²) >= 11 is 0. The lowest BCUT2D eigenvalue weighted by atomic mass is 10.1. The van der Waals surface area contributed by atoms with Crippen molar-refractivity contribution < 1.29 is 11.7 Å². The number of rotatable bonds is 3. The summed E-state index contributed by atoms with van der Waals surface area (Å²) in [5.41, 5.74) is 0. The molecule has 0 saturated carbocycles. The van der Waals surface area contributed by atoms with Crippen molar-refractivity contribution in [3.05, 3.63) is 0 Å². The van der Waals surface area contributed by atoms with E-state index in [2.05, 4.69) is 0 Å². The van der Waals surface area contributed by atoms with E-state index in [1.165, 1.54) is 13.8 Å². The molecule has 0 heterocycles. The van der Waals surface area contributed by atoms with Crippen molar-refractivity contribution in [1.82, 2.24) is 5.31 Å². The van der Waals surface area contributed by atoms with Gasteiger partial charge in [-0.15, -0.1) is 0 Å². The molecular formula is C8H17NO. The largest absolute Gasteiger partial charge is 0.354 e. The lowest BCUT2D eigenvalue weighted by molar-refractivity contribution is -0.119. The molecule has 0 aliphatic heterocycles. The average molecular weight is 148 g/mol. The second kappa shape index (κ2) is 4.31. The topological polar surface area (TPSA) is 29.1 Å². The zero-order valence-electron chi connectivity index (χ0n) is 11.9. The zero-order valence-corrected chi connectivity index (χ0v) is 6.86. The molecule has 0 aromatic rings. The Balaban J connectivity index is 5.28. The third kappa shape index (κ3) is 5.60. The van der Waals surface area contributed by atoms with E-state index in [0.717, 1.165) is 13.8 Å². The Morgan fingerprint density at radius 2 is 2.30 bits per heavy atom. The summed E-state index contributed by atoms with van der Waals surface area (Å²) < 4.78 is 38.1. The van der Waals surface area contributed by atoms with Crippen LogP contribution in [0.5, 0.6) is 0 Å². The fourth-order valence-electron chi connectivity index (χ4n) is 0.626. The molecule has 0 unspecified atom stereocenters. The van der Waals surface area contributed by atoms with Gasteiger partial charge in [0.1, 0.15) is 0 Å². The summed E-state index contributed by atoms with van der Waals surface area (Å²) in [6.07, 6.45) is -2.31. The van der Waals surface area contributed by atoms with Gasteiger partial charge in [-0.05, 0) is 19.2 Å². The molecule has 60 valence electrons. The van der Waals surface area contributed by atoms with Crippen molar-refractivity contribution in [1.29, 1.82) is 0 Å². The maximum absolute atomic E-state index is 11.0. The van der Waals surface area contributed by atoms with Gasteiger partial charge in [0.25, 0.3) is 0 Å². The summed E-state index contributed by atoms with van der Waals surface area (Å²) in [6, 6.07) is -2.09. The molecule has 0 radical (unpaired) electrons. The lowest BCUT2D eigenvalue weighted by Crippen LogP contribution is -2.31. The van der Waals surface area contributed by atoms with Crippen molar-refractivity contribution in [2.75, 3.05) is 0 Å². The van der Waals surface area contributed by atoms with Gasteiger partial charge in [0, 0.05) is 17.1 Å². The molecule has 1 amide bonds. The number of carbonyl (C=O) groups is 1. The predicted octanol–water partition coefficient (Wildman–Crippen LogP) is 1.56. The molecule has 0 saturated heterocycles. The smallest absolute Gasteiger partial charge is 0.217 e. The molecule has 0 fully saturated rings. The van der Waals surface area contributed by atoms with Crippen molar-refractivity contribution in [3.63, 3.8) is 0 Å². The minimum absolute atomic E-state index is 0.267. The minimum Gasteiger partial charge on any atom is -0.354 e. The summed E-state index contributed by atoms with van der Waals surface area (Å²) in [7, 11) is 0. The SMILES string of the molecule is [2H]N(C(C)=O)[C@]([2H])(C)C([2H])([2H])C([2H])(C)C. The van der Waals surface area contributed by atoms with Crippen LogP contribution >= 0.6 is 0 Å². The van der Waals surface area contributed by atoms with Crippen molar-refractivity contribution >= 4 is 5.91 Å². The third-order valence-corrected chi connectivity index (χ3v) is 0.756. The summed E-state index contributed by atoms with van der Waals surface area (Å²) in [5.74, 6) is -2.29. The first kappa shape index (κ1) is 3.74. The quantitative estimate of drug-likeness (QED) is 0.646. The highest BCUT2D eigenvalue weighted by Crippen LogP contribution is 2.02. The van der Waals surface area contributed by atoms with E-state index in [1.54, 1.807) is 0 Å². The van der Waals surface area contributed by atoms with Crippen LogP contribution in [-0.4, -0.2) is 11.9 Å². The van der Waals surface area contributed by atoms with Gasteiger partial charge in [0.05, 0.1) is 1.37 Å². The fourth-order valence-corrected chi connectivity index (χ4v) is 0.626. The molecule has 10 heavy (non-hydrogen) atoms. The van der Waals surface area contributed by atoms with Crippen LogP contribution in [0, 0.1) is 5.89 Å². The van der Waals surface area contributed by atoms with E-state index in [0.29, 0.717) is 0 Å². The second-order valence-corrected chi connectivity index (χ2v) is 2.34. The minimum atomic E-state index is -2.31. The molecule has 1 atom stereocenters. The Hall–Kier alpha value is -0.530. The van der Waals surface area contributed by atoms with Crippen molar-refractivity contribution in [2.45, 2.75) is 40.1 Å². The number of carbonyl (C=O) groups excluding carboxylic acids is 1. The van der Waals surface area contributed by atoms with Crippen LogP contribution < -0.4 is 5.31 Å². The number of hydrogen-bond acceptors (Lipinski definition) is 1. The van der Waals surface area contributed by atoms with E-state index in [4.69, 9.17) is 6.89 Å². The second-order valence-electron chi connectivity index (χ2n) is 2.34. The molecule has 0 aliphatic rings.